The van der Waals surface area contributed by atoms with Crippen molar-refractivity contribution in [3.63, 3.8) is 0 Å². The molecular weight excluding hydrogens is 510 g/mol. The van der Waals surface area contributed by atoms with E-state index in [0.29, 0.717) is 24.5 Å². The molecule has 0 aliphatic heterocycles. The van der Waals surface area contributed by atoms with Gasteiger partial charge in [0.2, 0.25) is 0 Å². The lowest BCUT2D eigenvalue weighted by molar-refractivity contribution is -0.151. The molecule has 1 fully saturated rings. The number of carbonyl (C=O) groups is 2. The van der Waals surface area contributed by atoms with Gasteiger partial charge in [-0.2, -0.15) is 0 Å². The van der Waals surface area contributed by atoms with Crippen molar-refractivity contribution in [2.24, 2.45) is 0 Å². The molecule has 39 heavy (non-hydrogen) atoms. The highest BCUT2D eigenvalue weighted by Crippen LogP contribution is 2.27. The van der Waals surface area contributed by atoms with Crippen molar-refractivity contribution in [1.29, 1.82) is 0 Å². The molecule has 1 aliphatic carbocycles. The molecule has 1 saturated carbocycles. The monoisotopic (exact) mass is 543 g/mol. The number of rotatable bonds is 11. The van der Waals surface area contributed by atoms with Crippen molar-refractivity contribution in [3.05, 3.63) is 106 Å². The van der Waals surface area contributed by atoms with Crippen LogP contribution in [0.3, 0.4) is 0 Å². The first-order chi connectivity index (χ1) is 19.1. The van der Waals surface area contributed by atoms with E-state index in [1.54, 1.807) is 11.5 Å². The standard InChI is InChI=1S/C31H33N3O4S/c35-30(34-37)28-17-25-15-14-23(16-27(25)39-28)19-32-18-21-10-12-22(13-11-21)20-33-29(24-6-2-1-3-7-24)31(36)38-26-8-4-5-9-26/h1-3,6-7,10-17,26,29,32-33,37H,4-5,8-9,18-20H2,(H,34,35)/t29-/m0/s1. The number of carbonyl (C=O) groups excluding carboxylic acids is 2. The molecule has 0 unspecified atom stereocenters. The van der Waals surface area contributed by atoms with Gasteiger partial charge in [-0.05, 0) is 65.5 Å². The molecule has 1 heterocycles. The van der Waals surface area contributed by atoms with Crippen LogP contribution in [0.1, 0.15) is 63.7 Å². The summed E-state index contributed by atoms with van der Waals surface area (Å²) in [4.78, 5) is 25.2. The third-order valence-electron chi connectivity index (χ3n) is 7.05. The summed E-state index contributed by atoms with van der Waals surface area (Å²) < 4.78 is 6.83. The number of thiophene rings is 1. The van der Waals surface area contributed by atoms with E-state index in [2.05, 4.69) is 41.0 Å². The highest BCUT2D eigenvalue weighted by molar-refractivity contribution is 7.20. The predicted octanol–water partition coefficient (Wildman–Crippen LogP) is 5.63. The number of nitrogens with one attached hydrogen (secondary N) is 3. The van der Waals surface area contributed by atoms with E-state index >= 15 is 0 Å². The lowest BCUT2D eigenvalue weighted by Crippen LogP contribution is -2.32. The van der Waals surface area contributed by atoms with Crippen molar-refractivity contribution in [2.75, 3.05) is 0 Å². The van der Waals surface area contributed by atoms with Crippen molar-refractivity contribution < 1.29 is 19.5 Å². The number of benzene rings is 3. The largest absolute Gasteiger partial charge is 0.461 e. The molecule has 1 aliphatic rings. The quantitative estimate of drug-likeness (QED) is 0.111. The summed E-state index contributed by atoms with van der Waals surface area (Å²) in [6.45, 7) is 1.97. The van der Waals surface area contributed by atoms with Gasteiger partial charge in [0.15, 0.2) is 0 Å². The minimum absolute atomic E-state index is 0.0368. The third kappa shape index (κ3) is 7.10. The minimum Gasteiger partial charge on any atom is -0.461 e. The van der Waals surface area contributed by atoms with Crippen LogP contribution in [0.25, 0.3) is 10.1 Å². The van der Waals surface area contributed by atoms with Gasteiger partial charge in [0.25, 0.3) is 5.91 Å². The molecule has 0 saturated heterocycles. The number of ether oxygens (including phenoxy) is 1. The second kappa shape index (κ2) is 13.0. The Hall–Kier alpha value is -3.56. The van der Waals surface area contributed by atoms with Crippen molar-refractivity contribution >= 4 is 33.3 Å². The molecule has 1 amide bonds. The van der Waals surface area contributed by atoms with Crippen LogP contribution in [0, 0.1) is 0 Å². The summed E-state index contributed by atoms with van der Waals surface area (Å²) in [5.74, 6) is -0.698. The molecule has 7 nitrogen and oxygen atoms in total. The fourth-order valence-electron chi connectivity index (χ4n) is 4.92. The smallest absolute Gasteiger partial charge is 0.328 e. The highest BCUT2D eigenvalue weighted by Gasteiger charge is 2.26. The number of hydroxylamine groups is 1. The molecule has 0 bridgehead atoms. The molecule has 4 aromatic rings. The van der Waals surface area contributed by atoms with Gasteiger partial charge < -0.3 is 10.1 Å². The topological polar surface area (TPSA) is 99.7 Å². The van der Waals surface area contributed by atoms with Crippen LogP contribution >= 0.6 is 11.3 Å². The number of esters is 1. The molecule has 1 aromatic heterocycles. The zero-order valence-corrected chi connectivity index (χ0v) is 22.5. The van der Waals surface area contributed by atoms with Crippen LogP contribution in [-0.4, -0.2) is 23.2 Å². The normalized spacial score (nSPS) is 14.4. The summed E-state index contributed by atoms with van der Waals surface area (Å²) in [6.07, 6.45) is 4.19. The molecule has 1 atom stereocenters. The second-order valence-corrected chi connectivity index (χ2v) is 11.0. The lowest BCUT2D eigenvalue weighted by atomic mass is 10.1. The van der Waals surface area contributed by atoms with E-state index in [-0.39, 0.29) is 12.1 Å². The molecule has 5 rings (SSSR count). The highest BCUT2D eigenvalue weighted by atomic mass is 32.1. The van der Waals surface area contributed by atoms with Gasteiger partial charge in [0.1, 0.15) is 12.1 Å². The third-order valence-corrected chi connectivity index (χ3v) is 8.15. The van der Waals surface area contributed by atoms with Gasteiger partial charge in [0.05, 0.1) is 4.88 Å². The maximum Gasteiger partial charge on any atom is 0.328 e. The number of hydrogen-bond donors (Lipinski definition) is 4. The Morgan fingerprint density at radius 1 is 0.872 bits per heavy atom. The summed E-state index contributed by atoms with van der Waals surface area (Å²) >= 11 is 1.36. The molecule has 202 valence electrons. The van der Waals surface area contributed by atoms with E-state index in [0.717, 1.165) is 58.0 Å². The Morgan fingerprint density at radius 2 is 1.54 bits per heavy atom. The fourth-order valence-corrected chi connectivity index (χ4v) is 5.94. The molecule has 0 spiro atoms. The Kier molecular flexibility index (Phi) is 9.00. The van der Waals surface area contributed by atoms with E-state index in [1.807, 2.05) is 42.5 Å². The Labute approximate surface area is 232 Å². The first-order valence-electron chi connectivity index (χ1n) is 13.3. The van der Waals surface area contributed by atoms with Gasteiger partial charge in [-0.1, -0.05) is 66.7 Å². The maximum absolute atomic E-state index is 13.0. The molecule has 3 aromatic carbocycles. The minimum atomic E-state index is -0.497. The second-order valence-electron chi connectivity index (χ2n) is 9.91. The summed E-state index contributed by atoms with van der Waals surface area (Å²) in [7, 11) is 0. The number of amides is 1. The average Bonchev–Trinajstić information content (AvgIpc) is 3.64. The molecule has 0 radical (unpaired) electrons. The van der Waals surface area contributed by atoms with Gasteiger partial charge in [-0.3, -0.25) is 15.3 Å². The Balaban J connectivity index is 1.14. The van der Waals surface area contributed by atoms with Crippen LogP contribution in [-0.2, 0) is 29.2 Å². The zero-order chi connectivity index (χ0) is 27.0. The van der Waals surface area contributed by atoms with Crippen molar-refractivity contribution in [1.82, 2.24) is 16.1 Å². The summed E-state index contributed by atoms with van der Waals surface area (Å²) in [5, 5.41) is 16.7. The van der Waals surface area contributed by atoms with Crippen LogP contribution in [0.4, 0.5) is 0 Å². The SMILES string of the molecule is O=C(NO)c1cc2ccc(CNCc3ccc(CN[C@H](C(=O)OC4CCCC4)c4ccccc4)cc3)cc2s1. The van der Waals surface area contributed by atoms with Gasteiger partial charge >= 0.3 is 5.97 Å². The predicted molar refractivity (Wildman–Crippen MR) is 152 cm³/mol. The van der Waals surface area contributed by atoms with E-state index in [1.165, 1.54) is 11.3 Å². The first kappa shape index (κ1) is 27.0. The van der Waals surface area contributed by atoms with Crippen molar-refractivity contribution in [3.8, 4) is 0 Å². The Bertz CT molecular complexity index is 1400. The van der Waals surface area contributed by atoms with E-state index < -0.39 is 11.9 Å². The van der Waals surface area contributed by atoms with E-state index in [4.69, 9.17) is 9.94 Å². The van der Waals surface area contributed by atoms with Gasteiger partial charge in [-0.25, -0.2) is 10.3 Å². The van der Waals surface area contributed by atoms with Crippen LogP contribution in [0.2, 0.25) is 0 Å². The lowest BCUT2D eigenvalue weighted by Gasteiger charge is -2.21. The van der Waals surface area contributed by atoms with Crippen LogP contribution in [0.15, 0.2) is 78.9 Å². The summed E-state index contributed by atoms with van der Waals surface area (Å²) in [5.41, 5.74) is 5.98. The zero-order valence-electron chi connectivity index (χ0n) is 21.7. The molecule has 8 heteroatoms. The Morgan fingerprint density at radius 3 is 2.26 bits per heavy atom. The van der Waals surface area contributed by atoms with E-state index in [9.17, 15) is 9.59 Å². The maximum atomic E-state index is 13.0. The first-order valence-corrected chi connectivity index (χ1v) is 14.1. The number of hydrogen-bond acceptors (Lipinski definition) is 7. The van der Waals surface area contributed by atoms with Crippen LogP contribution < -0.4 is 16.1 Å². The van der Waals surface area contributed by atoms with Gasteiger partial charge in [0, 0.05) is 24.3 Å². The molecule has 4 N–H and O–H groups in total. The average molecular weight is 544 g/mol. The van der Waals surface area contributed by atoms with Crippen LogP contribution in [0.5, 0.6) is 0 Å². The molecular formula is C31H33N3O4S. The number of fused-ring (bicyclic) bond motifs is 1. The fraction of sp³-hybridized carbons (Fsp3) is 0.290. The summed E-state index contributed by atoms with van der Waals surface area (Å²) in [6, 6.07) is 25.5. The van der Waals surface area contributed by atoms with Crippen molar-refractivity contribution in [2.45, 2.75) is 57.5 Å². The van der Waals surface area contributed by atoms with Gasteiger partial charge in [-0.15, -0.1) is 11.3 Å².